The largest absolute Gasteiger partial charge is 0.273 e. The molecule has 0 aromatic carbocycles. The second kappa shape index (κ2) is 2.82. The highest BCUT2D eigenvalue weighted by Gasteiger charge is 2.11. The Hall–Kier alpha value is -0.860. The number of nitrogens with zero attached hydrogens (tertiary/aromatic N) is 2. The normalized spacial score (nSPS) is 18.6. The summed E-state index contributed by atoms with van der Waals surface area (Å²) >= 11 is 0. The van der Waals surface area contributed by atoms with Crippen LogP contribution in [-0.4, -0.2) is 23.2 Å². The lowest BCUT2D eigenvalue weighted by atomic mass is 10.2. The van der Waals surface area contributed by atoms with Crippen LogP contribution in [0.3, 0.4) is 0 Å². The molecule has 0 N–H and O–H groups in total. The predicted octanol–water partition coefficient (Wildman–Crippen LogP) is 1.00. The second-order valence-corrected chi connectivity index (χ2v) is 2.58. The highest BCUT2D eigenvalue weighted by atomic mass is 16.2. The molecule has 0 aromatic heterocycles. The van der Waals surface area contributed by atoms with E-state index in [9.17, 15) is 4.79 Å². The predicted molar refractivity (Wildman–Crippen MR) is 39.7 cm³/mol. The van der Waals surface area contributed by atoms with E-state index in [0.717, 1.165) is 25.1 Å². The van der Waals surface area contributed by atoms with Gasteiger partial charge in [0.1, 0.15) is 0 Å². The minimum absolute atomic E-state index is 0.0408. The number of carbonyl (C=O) groups is 1. The smallest absolute Gasteiger partial charge is 0.239 e. The Morgan fingerprint density at radius 1 is 1.70 bits per heavy atom. The monoisotopic (exact) mass is 140 g/mol. The van der Waals surface area contributed by atoms with Crippen molar-refractivity contribution in [3.05, 3.63) is 0 Å². The molecular formula is C7H12N2O. The van der Waals surface area contributed by atoms with Gasteiger partial charge in [-0.1, -0.05) is 0 Å². The molecule has 0 aromatic rings. The highest BCUT2D eigenvalue weighted by Crippen LogP contribution is 2.06. The van der Waals surface area contributed by atoms with E-state index < -0.39 is 0 Å². The van der Waals surface area contributed by atoms with E-state index in [-0.39, 0.29) is 5.91 Å². The van der Waals surface area contributed by atoms with Gasteiger partial charge in [-0.2, -0.15) is 5.10 Å². The zero-order valence-corrected chi connectivity index (χ0v) is 6.42. The number of hydrazone groups is 1. The summed E-state index contributed by atoms with van der Waals surface area (Å²) < 4.78 is 0. The molecule has 0 bridgehead atoms. The molecule has 1 aliphatic heterocycles. The quantitative estimate of drug-likeness (QED) is 0.494. The molecule has 3 heteroatoms. The van der Waals surface area contributed by atoms with E-state index >= 15 is 0 Å². The van der Waals surface area contributed by atoms with Gasteiger partial charge in [0, 0.05) is 19.2 Å². The Balaban J connectivity index is 2.62. The van der Waals surface area contributed by atoms with Gasteiger partial charge in [-0.25, -0.2) is 5.01 Å². The van der Waals surface area contributed by atoms with Crippen molar-refractivity contribution in [1.82, 2.24) is 5.01 Å². The van der Waals surface area contributed by atoms with Crippen LogP contribution in [0.25, 0.3) is 0 Å². The highest BCUT2D eigenvalue weighted by molar-refractivity contribution is 5.84. The van der Waals surface area contributed by atoms with Crippen molar-refractivity contribution in [2.24, 2.45) is 5.10 Å². The summed E-state index contributed by atoms with van der Waals surface area (Å²) in [5.74, 6) is 0.0408. The number of carbonyl (C=O) groups excluding carboxylic acids is 1. The number of hydrogen-bond donors (Lipinski definition) is 0. The third kappa shape index (κ3) is 1.56. The number of rotatable bonds is 0. The van der Waals surface area contributed by atoms with Crippen LogP contribution in [0.2, 0.25) is 0 Å². The molecule has 3 nitrogen and oxygen atoms in total. The van der Waals surface area contributed by atoms with E-state index in [1.165, 1.54) is 5.01 Å². The summed E-state index contributed by atoms with van der Waals surface area (Å²) in [6.07, 6.45) is 2.08. The maximum absolute atomic E-state index is 10.8. The van der Waals surface area contributed by atoms with Crippen molar-refractivity contribution in [3.63, 3.8) is 0 Å². The molecule has 0 spiro atoms. The topological polar surface area (TPSA) is 32.7 Å². The lowest BCUT2D eigenvalue weighted by molar-refractivity contribution is -0.129. The first-order chi connectivity index (χ1) is 4.70. The van der Waals surface area contributed by atoms with Gasteiger partial charge in [-0.3, -0.25) is 4.79 Å². The van der Waals surface area contributed by atoms with Gasteiger partial charge in [0.25, 0.3) is 0 Å². The van der Waals surface area contributed by atoms with E-state index in [2.05, 4.69) is 5.10 Å². The number of hydrogen-bond acceptors (Lipinski definition) is 2. The van der Waals surface area contributed by atoms with Gasteiger partial charge in [0.05, 0.1) is 0 Å². The fourth-order valence-corrected chi connectivity index (χ4v) is 1.02. The van der Waals surface area contributed by atoms with Gasteiger partial charge < -0.3 is 0 Å². The van der Waals surface area contributed by atoms with E-state index in [1.54, 1.807) is 6.92 Å². The fraction of sp³-hybridized carbons (Fsp3) is 0.714. The molecule has 1 amide bonds. The molecule has 1 heterocycles. The van der Waals surface area contributed by atoms with Crippen molar-refractivity contribution in [2.75, 3.05) is 6.54 Å². The molecule has 56 valence electrons. The Kier molecular flexibility index (Phi) is 2.04. The van der Waals surface area contributed by atoms with Gasteiger partial charge >= 0.3 is 0 Å². The summed E-state index contributed by atoms with van der Waals surface area (Å²) in [6, 6.07) is 0. The first-order valence-corrected chi connectivity index (χ1v) is 3.52. The van der Waals surface area contributed by atoms with Crippen molar-refractivity contribution < 1.29 is 4.79 Å². The van der Waals surface area contributed by atoms with Crippen LogP contribution in [0.15, 0.2) is 5.10 Å². The van der Waals surface area contributed by atoms with Gasteiger partial charge in [-0.15, -0.1) is 0 Å². The first kappa shape index (κ1) is 7.25. The van der Waals surface area contributed by atoms with Crippen molar-refractivity contribution in [1.29, 1.82) is 0 Å². The van der Waals surface area contributed by atoms with Gasteiger partial charge in [0.2, 0.25) is 5.91 Å². The summed E-state index contributed by atoms with van der Waals surface area (Å²) in [6.45, 7) is 4.28. The van der Waals surface area contributed by atoms with Crippen LogP contribution in [0, 0.1) is 0 Å². The summed E-state index contributed by atoms with van der Waals surface area (Å²) in [4.78, 5) is 10.8. The second-order valence-electron chi connectivity index (χ2n) is 2.58. The van der Waals surface area contributed by atoms with Crippen molar-refractivity contribution >= 4 is 11.6 Å². The Morgan fingerprint density at radius 2 is 2.40 bits per heavy atom. The minimum atomic E-state index is 0.0408. The molecule has 0 radical (unpaired) electrons. The Morgan fingerprint density at radius 3 is 2.80 bits per heavy atom. The Labute approximate surface area is 60.7 Å². The van der Waals surface area contributed by atoms with Crippen molar-refractivity contribution in [3.8, 4) is 0 Å². The summed E-state index contributed by atoms with van der Waals surface area (Å²) in [5.41, 5.74) is 1.06. The molecule has 0 saturated heterocycles. The van der Waals surface area contributed by atoms with Crippen LogP contribution in [-0.2, 0) is 4.79 Å². The summed E-state index contributed by atoms with van der Waals surface area (Å²) in [5, 5.41) is 5.61. The van der Waals surface area contributed by atoms with Crippen LogP contribution >= 0.6 is 0 Å². The molecule has 1 rings (SSSR count). The first-order valence-electron chi connectivity index (χ1n) is 3.52. The fourth-order valence-electron chi connectivity index (χ4n) is 1.02. The van der Waals surface area contributed by atoms with E-state index in [1.807, 2.05) is 6.92 Å². The van der Waals surface area contributed by atoms with E-state index in [0.29, 0.717) is 0 Å². The lowest BCUT2D eigenvalue weighted by Crippen LogP contribution is -2.28. The summed E-state index contributed by atoms with van der Waals surface area (Å²) in [7, 11) is 0. The maximum atomic E-state index is 10.8. The van der Waals surface area contributed by atoms with Crippen LogP contribution in [0.1, 0.15) is 26.7 Å². The molecular weight excluding hydrogens is 128 g/mol. The zero-order valence-electron chi connectivity index (χ0n) is 6.42. The average molecular weight is 140 g/mol. The minimum Gasteiger partial charge on any atom is -0.273 e. The third-order valence-corrected chi connectivity index (χ3v) is 1.56. The lowest BCUT2D eigenvalue weighted by Gasteiger charge is -2.20. The van der Waals surface area contributed by atoms with Crippen LogP contribution in [0.5, 0.6) is 0 Å². The van der Waals surface area contributed by atoms with Crippen molar-refractivity contribution in [2.45, 2.75) is 26.7 Å². The molecule has 0 fully saturated rings. The van der Waals surface area contributed by atoms with Crippen LogP contribution < -0.4 is 0 Å². The maximum Gasteiger partial charge on any atom is 0.239 e. The number of amides is 1. The Bertz CT molecular complexity index is 174. The van der Waals surface area contributed by atoms with E-state index in [4.69, 9.17) is 0 Å². The van der Waals surface area contributed by atoms with Crippen LogP contribution in [0.4, 0.5) is 0 Å². The molecule has 0 saturated carbocycles. The zero-order chi connectivity index (χ0) is 7.56. The molecule has 0 aliphatic carbocycles. The molecule has 1 aliphatic rings. The standard InChI is InChI=1S/C7H12N2O/c1-6-4-3-5-9(8-6)7(2)10/h3-5H2,1-2H3. The molecule has 10 heavy (non-hydrogen) atoms. The molecule has 0 unspecified atom stereocenters. The SMILES string of the molecule is CC(=O)N1CCCC(C)=N1. The average Bonchev–Trinajstić information content (AvgIpc) is 1.88. The van der Waals surface area contributed by atoms with Gasteiger partial charge in [0.15, 0.2) is 0 Å². The third-order valence-electron chi connectivity index (χ3n) is 1.56. The van der Waals surface area contributed by atoms with Gasteiger partial charge in [-0.05, 0) is 19.8 Å². The molecule has 0 atom stereocenters.